The Bertz CT molecular complexity index is 2580. The Hall–Kier alpha value is -6.18. The Balaban J connectivity index is 0.895. The summed E-state index contributed by atoms with van der Waals surface area (Å²) in [7, 11) is 0. The number of hydrogen-bond acceptors (Lipinski definition) is 4. The van der Waals surface area contributed by atoms with Crippen LogP contribution >= 0.6 is 0 Å². The maximum atomic E-state index is 9.56. The summed E-state index contributed by atoms with van der Waals surface area (Å²) in [5, 5.41) is 9.56. The first-order chi connectivity index (χ1) is 27.1. The van der Waals surface area contributed by atoms with Gasteiger partial charge in [0.2, 0.25) is 0 Å². The maximum Gasteiger partial charge on any atom is 0.164 e. The van der Waals surface area contributed by atoms with Gasteiger partial charge in [0.25, 0.3) is 0 Å². The summed E-state index contributed by atoms with van der Waals surface area (Å²) in [6.07, 6.45) is 8.46. The first kappa shape index (κ1) is 32.3. The highest BCUT2D eigenvalue weighted by Crippen LogP contribution is 2.60. The van der Waals surface area contributed by atoms with Gasteiger partial charge >= 0.3 is 0 Å². The second kappa shape index (κ2) is 12.7. The van der Waals surface area contributed by atoms with Crippen LogP contribution in [0, 0.1) is 29.1 Å². The van der Waals surface area contributed by atoms with E-state index in [9.17, 15) is 5.26 Å². The summed E-state index contributed by atoms with van der Waals surface area (Å²) in [5.74, 6) is 4.97. The van der Waals surface area contributed by atoms with Crippen LogP contribution in [0.25, 0.3) is 56.4 Å². The summed E-state index contributed by atoms with van der Waals surface area (Å²) in [4.78, 5) is 15.1. The molecule has 4 saturated carbocycles. The van der Waals surface area contributed by atoms with Crippen LogP contribution in [0.3, 0.4) is 0 Å². The molecule has 0 saturated heterocycles. The lowest BCUT2D eigenvalue weighted by atomic mass is 9.48. The number of aromatic nitrogens is 3. The van der Waals surface area contributed by atoms with Crippen LogP contribution in [0.4, 0.5) is 0 Å². The molecule has 0 N–H and O–H groups in total. The zero-order valence-corrected chi connectivity index (χ0v) is 30.7. The van der Waals surface area contributed by atoms with Gasteiger partial charge in [-0.15, -0.1) is 0 Å². The van der Waals surface area contributed by atoms with Gasteiger partial charge in [-0.05, 0) is 118 Å². The second-order valence-corrected chi connectivity index (χ2v) is 16.6. The van der Waals surface area contributed by atoms with Gasteiger partial charge in [-0.3, -0.25) is 0 Å². The molecule has 12 rings (SSSR count). The summed E-state index contributed by atoms with van der Waals surface area (Å²) in [6, 6.07) is 54.0. The van der Waals surface area contributed by atoms with Gasteiger partial charge in [0.1, 0.15) is 0 Å². The van der Waals surface area contributed by atoms with E-state index in [0.29, 0.717) is 28.5 Å². The van der Waals surface area contributed by atoms with Crippen molar-refractivity contribution in [3.8, 4) is 62.5 Å². The monoisotopic (exact) mass is 708 g/mol. The molecule has 0 spiro atoms. The van der Waals surface area contributed by atoms with Crippen LogP contribution in [0.2, 0.25) is 0 Å². The second-order valence-electron chi connectivity index (χ2n) is 16.6. The molecule has 4 heteroatoms. The van der Waals surface area contributed by atoms with E-state index in [-0.39, 0.29) is 5.92 Å². The number of nitrogens with zero attached hydrogens (tertiary/aromatic N) is 4. The lowest BCUT2D eigenvalue weighted by Gasteiger charge is -2.57. The topological polar surface area (TPSA) is 62.5 Å². The molecule has 4 nitrogen and oxygen atoms in total. The average molecular weight is 709 g/mol. The fraction of sp³-hybridized carbons (Fsp3) is 0.216. The van der Waals surface area contributed by atoms with Crippen molar-refractivity contribution in [1.82, 2.24) is 15.0 Å². The number of rotatable bonds is 6. The van der Waals surface area contributed by atoms with E-state index in [2.05, 4.69) is 121 Å². The van der Waals surface area contributed by atoms with E-state index in [1.807, 2.05) is 30.3 Å². The summed E-state index contributed by atoms with van der Waals surface area (Å²) in [5.41, 5.74) is 14.0. The Morgan fingerprint density at radius 1 is 0.473 bits per heavy atom. The van der Waals surface area contributed by atoms with Crippen molar-refractivity contribution < 1.29 is 0 Å². The van der Waals surface area contributed by atoms with Gasteiger partial charge in [-0.2, -0.15) is 5.26 Å². The Labute approximate surface area is 322 Å². The minimum Gasteiger partial charge on any atom is -0.208 e. The standard InChI is InChI=1S/C51H40N4/c52-31-32-10-23-45-46(27-32)43-8-4-5-9-44(43)47(45)38-15-11-36(12-16-38)37-13-17-40(18-14-37)49-53-48(39-6-2-1-3-7-39)54-50(55-49)41-19-21-42(22-20-41)51-28-33-24-34(29-51)26-35(25-33)30-51/h1-23,27,33-35,47H,24-26,28-30H2/t33-,34+,35-,47?,51?. The number of fused-ring (bicyclic) bond motifs is 3. The zero-order chi connectivity index (χ0) is 36.5. The lowest BCUT2D eigenvalue weighted by Crippen LogP contribution is -2.48. The fourth-order valence-electron chi connectivity index (χ4n) is 11.1. The molecule has 5 aliphatic rings. The van der Waals surface area contributed by atoms with Crippen molar-refractivity contribution in [3.05, 3.63) is 173 Å². The zero-order valence-electron chi connectivity index (χ0n) is 30.7. The van der Waals surface area contributed by atoms with E-state index in [0.717, 1.165) is 51.1 Å². The molecule has 1 heterocycles. The molecule has 0 aliphatic heterocycles. The van der Waals surface area contributed by atoms with E-state index in [1.54, 1.807) is 0 Å². The van der Waals surface area contributed by atoms with Crippen LogP contribution < -0.4 is 0 Å². The van der Waals surface area contributed by atoms with Crippen molar-refractivity contribution in [2.45, 2.75) is 49.9 Å². The van der Waals surface area contributed by atoms with Crippen molar-refractivity contribution in [1.29, 1.82) is 5.26 Å². The van der Waals surface area contributed by atoms with Crippen molar-refractivity contribution in [3.63, 3.8) is 0 Å². The average Bonchev–Trinajstić information content (AvgIpc) is 3.57. The molecule has 1 atom stereocenters. The highest BCUT2D eigenvalue weighted by molar-refractivity contribution is 5.82. The fourth-order valence-corrected chi connectivity index (χ4v) is 11.1. The minimum absolute atomic E-state index is 0.139. The van der Waals surface area contributed by atoms with Gasteiger partial charge in [-0.25, -0.2) is 15.0 Å². The van der Waals surface area contributed by atoms with Crippen LogP contribution in [-0.2, 0) is 5.41 Å². The molecular weight excluding hydrogens is 669 g/mol. The third-order valence-corrected chi connectivity index (χ3v) is 13.2. The predicted molar refractivity (Wildman–Crippen MR) is 219 cm³/mol. The van der Waals surface area contributed by atoms with Crippen molar-refractivity contribution in [2.24, 2.45) is 17.8 Å². The van der Waals surface area contributed by atoms with Crippen molar-refractivity contribution in [2.75, 3.05) is 0 Å². The molecule has 264 valence electrons. The summed E-state index contributed by atoms with van der Waals surface area (Å²) >= 11 is 0. The highest BCUT2D eigenvalue weighted by atomic mass is 15.0. The van der Waals surface area contributed by atoms with Crippen molar-refractivity contribution >= 4 is 0 Å². The molecule has 4 bridgehead atoms. The first-order valence-electron chi connectivity index (χ1n) is 19.9. The minimum atomic E-state index is 0.139. The summed E-state index contributed by atoms with van der Waals surface area (Å²) < 4.78 is 0. The largest absolute Gasteiger partial charge is 0.208 e. The van der Waals surface area contributed by atoms with Gasteiger partial charge in [0.05, 0.1) is 11.6 Å². The van der Waals surface area contributed by atoms with Crippen LogP contribution in [-0.4, -0.2) is 15.0 Å². The van der Waals surface area contributed by atoms with Gasteiger partial charge in [0, 0.05) is 22.6 Å². The molecule has 0 radical (unpaired) electrons. The van der Waals surface area contributed by atoms with Crippen LogP contribution in [0.5, 0.6) is 0 Å². The Kier molecular flexibility index (Phi) is 7.46. The number of benzene rings is 6. The molecule has 6 aromatic carbocycles. The smallest absolute Gasteiger partial charge is 0.164 e. The molecule has 4 fully saturated rings. The molecule has 5 aliphatic carbocycles. The van der Waals surface area contributed by atoms with Gasteiger partial charge in [-0.1, -0.05) is 133 Å². The van der Waals surface area contributed by atoms with Crippen LogP contribution in [0.15, 0.2) is 146 Å². The van der Waals surface area contributed by atoms with E-state index < -0.39 is 0 Å². The Morgan fingerprint density at radius 3 is 1.56 bits per heavy atom. The van der Waals surface area contributed by atoms with Gasteiger partial charge in [0.15, 0.2) is 17.5 Å². The Morgan fingerprint density at radius 2 is 0.964 bits per heavy atom. The predicted octanol–water partition coefficient (Wildman–Crippen LogP) is 12.0. The first-order valence-corrected chi connectivity index (χ1v) is 19.9. The third kappa shape index (κ3) is 5.52. The maximum absolute atomic E-state index is 9.56. The quantitative estimate of drug-likeness (QED) is 0.172. The molecule has 1 aromatic heterocycles. The highest BCUT2D eigenvalue weighted by Gasteiger charge is 2.51. The third-order valence-electron chi connectivity index (χ3n) is 13.2. The number of hydrogen-bond donors (Lipinski definition) is 0. The van der Waals surface area contributed by atoms with E-state index >= 15 is 0 Å². The molecule has 1 unspecified atom stereocenters. The normalized spacial score (nSPS) is 22.9. The van der Waals surface area contributed by atoms with E-state index in [4.69, 9.17) is 15.0 Å². The SMILES string of the molecule is N#Cc1ccc2c(c1)-c1ccccc1C2c1ccc(-c2ccc(-c3nc(-c4ccccc4)nc(-c4ccc(C56C[C@H]7C[C@@H](C5)C[C@@H](C6)C7)cc4)n3)cc2)cc1. The summed E-state index contributed by atoms with van der Waals surface area (Å²) in [6.45, 7) is 0. The molecular formula is C51H40N4. The molecule has 55 heavy (non-hydrogen) atoms. The lowest BCUT2D eigenvalue weighted by molar-refractivity contribution is -0.00518. The number of nitriles is 1. The molecule has 0 amide bonds. The van der Waals surface area contributed by atoms with Gasteiger partial charge < -0.3 is 0 Å². The molecule has 7 aromatic rings. The van der Waals surface area contributed by atoms with Crippen LogP contribution in [0.1, 0.15) is 72.3 Å². The van der Waals surface area contributed by atoms with E-state index in [1.165, 1.54) is 66.3 Å².